The van der Waals surface area contributed by atoms with Gasteiger partial charge in [0.25, 0.3) is 10.0 Å². The number of halogens is 3. The monoisotopic (exact) mass is 526 g/mol. The lowest BCUT2D eigenvalue weighted by molar-refractivity contribution is 0.433. The number of imidazole rings is 1. The van der Waals surface area contributed by atoms with Crippen LogP contribution in [0.1, 0.15) is 5.56 Å². The molecule has 3 heterocycles. The first-order chi connectivity index (χ1) is 17.2. The summed E-state index contributed by atoms with van der Waals surface area (Å²) in [5, 5.41) is 0.401. The van der Waals surface area contributed by atoms with E-state index in [4.69, 9.17) is 16.3 Å². The SMILES string of the molecule is Cc1ccnc(NS(=O)(=O)c2cc(F)c(Oc3ccc(Cl)cc3-c3cccc4nccn34)cc2F)c1. The number of nitrogens with one attached hydrogen (secondary N) is 1. The van der Waals surface area contributed by atoms with Crippen LogP contribution in [0, 0.1) is 18.6 Å². The van der Waals surface area contributed by atoms with Crippen LogP contribution in [0.3, 0.4) is 0 Å². The molecule has 7 nitrogen and oxygen atoms in total. The number of pyridine rings is 2. The van der Waals surface area contributed by atoms with E-state index in [1.54, 1.807) is 54.0 Å². The highest BCUT2D eigenvalue weighted by Gasteiger charge is 2.24. The first-order valence-corrected chi connectivity index (χ1v) is 12.4. The summed E-state index contributed by atoms with van der Waals surface area (Å²) >= 11 is 6.21. The molecule has 0 spiro atoms. The van der Waals surface area contributed by atoms with Gasteiger partial charge in [0.05, 0.1) is 5.69 Å². The Morgan fingerprint density at radius 2 is 1.78 bits per heavy atom. The van der Waals surface area contributed by atoms with Crippen molar-refractivity contribution in [1.29, 1.82) is 0 Å². The van der Waals surface area contributed by atoms with E-state index in [1.807, 2.05) is 6.07 Å². The molecule has 0 unspecified atom stereocenters. The molecule has 1 N–H and O–H groups in total. The lowest BCUT2D eigenvalue weighted by atomic mass is 10.1. The van der Waals surface area contributed by atoms with Gasteiger partial charge in [0, 0.05) is 41.3 Å². The molecule has 5 aromatic rings. The van der Waals surface area contributed by atoms with Gasteiger partial charge in [-0.25, -0.2) is 27.2 Å². The quantitative estimate of drug-likeness (QED) is 0.283. The van der Waals surface area contributed by atoms with Crippen molar-refractivity contribution in [3.05, 3.63) is 101 Å². The number of rotatable bonds is 6. The zero-order chi connectivity index (χ0) is 25.4. The third kappa shape index (κ3) is 4.60. The third-order valence-corrected chi connectivity index (χ3v) is 6.90. The topological polar surface area (TPSA) is 85.6 Å². The van der Waals surface area contributed by atoms with E-state index in [1.165, 1.54) is 18.3 Å². The van der Waals surface area contributed by atoms with Gasteiger partial charge in [-0.2, -0.15) is 0 Å². The zero-order valence-electron chi connectivity index (χ0n) is 18.6. The van der Waals surface area contributed by atoms with Crippen LogP contribution in [-0.4, -0.2) is 22.8 Å². The predicted octanol–water partition coefficient (Wildman–Crippen LogP) is 6.23. The van der Waals surface area contributed by atoms with Crippen LogP contribution in [0.4, 0.5) is 14.6 Å². The fraction of sp³-hybridized carbons (Fsp3) is 0.0400. The molecule has 5 rings (SSSR count). The number of sulfonamides is 1. The number of aromatic nitrogens is 3. The molecule has 0 bridgehead atoms. The predicted molar refractivity (Wildman–Crippen MR) is 132 cm³/mol. The summed E-state index contributed by atoms with van der Waals surface area (Å²) in [7, 11) is -4.46. The second-order valence-electron chi connectivity index (χ2n) is 7.85. The van der Waals surface area contributed by atoms with E-state index in [2.05, 4.69) is 14.7 Å². The first-order valence-electron chi connectivity index (χ1n) is 10.6. The Kier molecular flexibility index (Phi) is 6.07. The standard InChI is InChI=1S/C25H17ClF2N4O3S/c1-15-7-8-29-24(11-15)31-36(33,34)23-14-18(27)22(13-19(23)28)35-21-6-5-16(26)12-17(21)20-3-2-4-25-30-9-10-32(20)25/h2-14H,1H3,(H,29,31). The summed E-state index contributed by atoms with van der Waals surface area (Å²) in [4.78, 5) is 7.26. The summed E-state index contributed by atoms with van der Waals surface area (Å²) in [6.45, 7) is 1.74. The summed E-state index contributed by atoms with van der Waals surface area (Å²) in [6, 6.07) is 14.5. The molecule has 2 aromatic carbocycles. The molecule has 0 saturated heterocycles. The van der Waals surface area contributed by atoms with E-state index >= 15 is 4.39 Å². The number of ether oxygens (including phenoxy) is 1. The average molecular weight is 527 g/mol. The average Bonchev–Trinajstić information content (AvgIpc) is 3.31. The van der Waals surface area contributed by atoms with Crippen LogP contribution in [0.2, 0.25) is 5.02 Å². The zero-order valence-corrected chi connectivity index (χ0v) is 20.2. The van der Waals surface area contributed by atoms with Crippen molar-refractivity contribution in [2.75, 3.05) is 4.72 Å². The van der Waals surface area contributed by atoms with Crippen molar-refractivity contribution in [3.8, 4) is 22.8 Å². The van der Waals surface area contributed by atoms with Gasteiger partial charge in [0.15, 0.2) is 11.6 Å². The van der Waals surface area contributed by atoms with Gasteiger partial charge in [-0.3, -0.25) is 9.12 Å². The highest BCUT2D eigenvalue weighted by molar-refractivity contribution is 7.92. The molecule has 36 heavy (non-hydrogen) atoms. The second kappa shape index (κ2) is 9.21. The molecule has 3 aromatic heterocycles. The van der Waals surface area contributed by atoms with Gasteiger partial charge in [-0.05, 0) is 55.0 Å². The van der Waals surface area contributed by atoms with Crippen molar-refractivity contribution in [3.63, 3.8) is 0 Å². The van der Waals surface area contributed by atoms with Gasteiger partial charge in [-0.15, -0.1) is 0 Å². The summed E-state index contributed by atoms with van der Waals surface area (Å²) < 4.78 is 65.1. The largest absolute Gasteiger partial charge is 0.453 e. The molecule has 11 heteroatoms. The molecule has 0 radical (unpaired) electrons. The highest BCUT2D eigenvalue weighted by Crippen LogP contribution is 2.37. The van der Waals surface area contributed by atoms with Gasteiger partial charge in [0.2, 0.25) is 0 Å². The van der Waals surface area contributed by atoms with Gasteiger partial charge in [-0.1, -0.05) is 17.7 Å². The number of hydrogen-bond acceptors (Lipinski definition) is 5. The van der Waals surface area contributed by atoms with E-state index in [0.29, 0.717) is 34.1 Å². The lowest BCUT2D eigenvalue weighted by Crippen LogP contribution is -2.16. The molecule has 0 saturated carbocycles. The summed E-state index contributed by atoms with van der Waals surface area (Å²) in [6.07, 6.45) is 4.76. The lowest BCUT2D eigenvalue weighted by Gasteiger charge is -2.15. The molecule has 0 aliphatic carbocycles. The Morgan fingerprint density at radius 3 is 2.58 bits per heavy atom. The Labute approximate surface area is 210 Å². The number of anilines is 1. The minimum Gasteiger partial charge on any atom is -0.453 e. The van der Waals surface area contributed by atoms with E-state index in [9.17, 15) is 12.8 Å². The molecular formula is C25H17ClF2N4O3S. The Morgan fingerprint density at radius 1 is 0.944 bits per heavy atom. The van der Waals surface area contributed by atoms with Crippen LogP contribution < -0.4 is 9.46 Å². The first kappa shape index (κ1) is 23.7. The van der Waals surface area contributed by atoms with Crippen LogP contribution in [0.15, 0.2) is 84.1 Å². The molecule has 0 amide bonds. The van der Waals surface area contributed by atoms with Gasteiger partial charge < -0.3 is 4.74 Å². The molecule has 0 aliphatic heterocycles. The number of fused-ring (bicyclic) bond motifs is 1. The van der Waals surface area contributed by atoms with Crippen molar-refractivity contribution < 1.29 is 21.9 Å². The Balaban J connectivity index is 1.52. The molecule has 182 valence electrons. The van der Waals surface area contributed by atoms with Crippen LogP contribution in [-0.2, 0) is 10.0 Å². The fourth-order valence-corrected chi connectivity index (χ4v) is 4.90. The van der Waals surface area contributed by atoms with Crippen molar-refractivity contribution in [2.24, 2.45) is 0 Å². The maximum absolute atomic E-state index is 15.0. The Hall–Kier alpha value is -4.02. The normalized spacial score (nSPS) is 11.6. The molecular weight excluding hydrogens is 510 g/mol. The third-order valence-electron chi connectivity index (χ3n) is 5.30. The van der Waals surface area contributed by atoms with Crippen molar-refractivity contribution in [2.45, 2.75) is 11.8 Å². The van der Waals surface area contributed by atoms with E-state index in [-0.39, 0.29) is 11.6 Å². The number of benzene rings is 2. The molecule has 0 aliphatic rings. The smallest absolute Gasteiger partial charge is 0.266 e. The summed E-state index contributed by atoms with van der Waals surface area (Å²) in [5.41, 5.74) is 2.55. The molecule has 0 fully saturated rings. The Bertz CT molecular complexity index is 1720. The van der Waals surface area contributed by atoms with Crippen LogP contribution in [0.25, 0.3) is 16.9 Å². The minimum atomic E-state index is -4.46. The highest BCUT2D eigenvalue weighted by atomic mass is 35.5. The van der Waals surface area contributed by atoms with E-state index in [0.717, 1.165) is 5.56 Å². The summed E-state index contributed by atoms with van der Waals surface area (Å²) in [5.74, 6) is -2.61. The van der Waals surface area contributed by atoms with E-state index < -0.39 is 32.3 Å². The number of hydrogen-bond donors (Lipinski definition) is 1. The molecule has 0 atom stereocenters. The van der Waals surface area contributed by atoms with Crippen molar-refractivity contribution in [1.82, 2.24) is 14.4 Å². The fourth-order valence-electron chi connectivity index (χ4n) is 3.66. The maximum Gasteiger partial charge on any atom is 0.266 e. The van der Waals surface area contributed by atoms with Crippen LogP contribution >= 0.6 is 11.6 Å². The van der Waals surface area contributed by atoms with Gasteiger partial charge in [0.1, 0.15) is 27.9 Å². The maximum atomic E-state index is 15.0. The minimum absolute atomic E-state index is 0.0189. The van der Waals surface area contributed by atoms with Gasteiger partial charge >= 0.3 is 0 Å². The second-order valence-corrected chi connectivity index (χ2v) is 9.93. The number of nitrogens with zero attached hydrogens (tertiary/aromatic N) is 3. The number of aryl methyl sites for hydroxylation is 1. The van der Waals surface area contributed by atoms with Crippen LogP contribution in [0.5, 0.6) is 11.5 Å². The van der Waals surface area contributed by atoms with Crippen molar-refractivity contribution >= 4 is 33.1 Å².